The molecule has 0 radical (unpaired) electrons. The Hall–Kier alpha value is -4.44. The first-order valence-electron chi connectivity index (χ1n) is 11.6. The second-order valence-electron chi connectivity index (χ2n) is 9.16. The number of anilines is 2. The number of carbonyl (C=O) groups excluding carboxylic acids is 2. The number of benzene rings is 2. The number of aryl methyl sites for hydroxylation is 2. The Morgan fingerprint density at radius 1 is 1.27 bits per heavy atom. The van der Waals surface area contributed by atoms with Crippen LogP contribution in [-0.4, -0.2) is 54.3 Å². The molecule has 0 bridgehead atoms. The number of phenols is 1. The average Bonchev–Trinajstić information content (AvgIpc) is 3.60. The summed E-state index contributed by atoms with van der Waals surface area (Å²) in [5.74, 6) is 0.0315. The molecule has 2 aromatic carbocycles. The first-order valence-corrected chi connectivity index (χ1v) is 12.2. The molecule has 0 fully saturated rings. The molecule has 6 rings (SSSR count). The van der Waals surface area contributed by atoms with Gasteiger partial charge in [0.05, 0.1) is 23.6 Å². The molecule has 1 aliphatic rings. The van der Waals surface area contributed by atoms with E-state index in [0.717, 1.165) is 21.9 Å². The number of nitrogens with zero attached hydrogens (tertiary/aromatic N) is 5. The van der Waals surface area contributed by atoms with Gasteiger partial charge in [0.15, 0.2) is 5.69 Å². The summed E-state index contributed by atoms with van der Waals surface area (Å²) in [7, 11) is 1.67. The molecule has 3 aromatic heterocycles. The Bertz CT molecular complexity index is 1720. The van der Waals surface area contributed by atoms with Crippen LogP contribution in [0.15, 0.2) is 48.8 Å². The molecular weight excluding hydrogens is 494 g/mol. The van der Waals surface area contributed by atoms with Gasteiger partial charge >= 0.3 is 0 Å². The van der Waals surface area contributed by atoms with Crippen molar-refractivity contribution in [3.63, 3.8) is 0 Å². The predicted octanol–water partition coefficient (Wildman–Crippen LogP) is 4.09. The van der Waals surface area contributed by atoms with Crippen LogP contribution in [0.2, 0.25) is 0 Å². The molecule has 37 heavy (non-hydrogen) atoms. The molecule has 1 atom stereocenters. The van der Waals surface area contributed by atoms with Gasteiger partial charge in [-0.2, -0.15) is 0 Å². The summed E-state index contributed by atoms with van der Waals surface area (Å²) in [6, 6.07) is 10.8. The standard InChI is InChI=1S/C26H22ClN7O3/c1-13-4-3-5-16-21(35)8-20-24(23(13)16)15(9-27)11-34(20)26(37)17-6-14-7-22(28-10-18(14)29-17)30-25(36)19-12-33(2)32-31-19/h3-8,10,12,15,29,35H,9,11H2,1-2H3,(H,28,30,36)/t15-/m1/s1. The number of aromatic nitrogens is 5. The van der Waals surface area contributed by atoms with Gasteiger partial charge in [-0.3, -0.25) is 14.3 Å². The molecule has 0 saturated carbocycles. The largest absolute Gasteiger partial charge is 0.507 e. The molecule has 10 nitrogen and oxygen atoms in total. The van der Waals surface area contributed by atoms with Crippen molar-refractivity contribution in [2.45, 2.75) is 12.8 Å². The predicted molar refractivity (Wildman–Crippen MR) is 141 cm³/mol. The fourth-order valence-electron chi connectivity index (χ4n) is 5.01. The summed E-state index contributed by atoms with van der Waals surface area (Å²) >= 11 is 6.35. The van der Waals surface area contributed by atoms with E-state index in [1.807, 2.05) is 25.1 Å². The van der Waals surface area contributed by atoms with Crippen molar-refractivity contribution < 1.29 is 14.7 Å². The average molecular weight is 516 g/mol. The van der Waals surface area contributed by atoms with Crippen LogP contribution in [0, 0.1) is 6.92 Å². The SMILES string of the molecule is Cc1cccc2c(O)cc3c(c12)[C@H](CCl)CN3C(=O)c1cc2cc(NC(=O)c3cn(C)nn3)ncc2[nH]1. The number of phenolic OH excluding ortho intramolecular Hbond substituents is 1. The minimum atomic E-state index is -0.435. The van der Waals surface area contributed by atoms with Gasteiger partial charge in [-0.05, 0) is 35.6 Å². The maximum Gasteiger partial charge on any atom is 0.278 e. The number of alkyl halides is 1. The molecule has 0 spiro atoms. The van der Waals surface area contributed by atoms with Crippen molar-refractivity contribution in [3.05, 3.63) is 71.3 Å². The fraction of sp³-hybridized carbons (Fsp3) is 0.192. The lowest BCUT2D eigenvalue weighted by molar-refractivity contribution is 0.0982. The number of rotatable bonds is 4. The van der Waals surface area contributed by atoms with Gasteiger partial charge in [0.25, 0.3) is 11.8 Å². The number of carbonyl (C=O) groups is 2. The number of hydrogen-bond donors (Lipinski definition) is 3. The molecule has 11 heteroatoms. The topological polar surface area (TPSA) is 129 Å². The lowest BCUT2D eigenvalue weighted by Gasteiger charge is -2.18. The summed E-state index contributed by atoms with van der Waals surface area (Å²) in [4.78, 5) is 35.1. The minimum absolute atomic E-state index is 0.0706. The molecular formula is C26H22ClN7O3. The van der Waals surface area contributed by atoms with E-state index in [0.29, 0.717) is 40.5 Å². The van der Waals surface area contributed by atoms with E-state index in [9.17, 15) is 14.7 Å². The quantitative estimate of drug-likeness (QED) is 0.309. The van der Waals surface area contributed by atoms with Crippen LogP contribution in [0.3, 0.4) is 0 Å². The van der Waals surface area contributed by atoms with Crippen LogP contribution in [0.1, 0.15) is 38.0 Å². The Labute approximate surface area is 215 Å². The highest BCUT2D eigenvalue weighted by molar-refractivity contribution is 6.19. The molecule has 0 unspecified atom stereocenters. The van der Waals surface area contributed by atoms with Gasteiger partial charge in [0.1, 0.15) is 17.3 Å². The van der Waals surface area contributed by atoms with Crippen LogP contribution in [0.4, 0.5) is 11.5 Å². The van der Waals surface area contributed by atoms with Gasteiger partial charge in [-0.1, -0.05) is 23.4 Å². The van der Waals surface area contributed by atoms with Crippen LogP contribution in [0.5, 0.6) is 5.75 Å². The monoisotopic (exact) mass is 515 g/mol. The van der Waals surface area contributed by atoms with E-state index in [1.54, 1.807) is 36.3 Å². The molecule has 1 aliphatic heterocycles. The Morgan fingerprint density at radius 3 is 2.86 bits per heavy atom. The molecule has 4 heterocycles. The molecule has 0 saturated heterocycles. The lowest BCUT2D eigenvalue weighted by Crippen LogP contribution is -2.30. The van der Waals surface area contributed by atoms with Gasteiger partial charge in [-0.15, -0.1) is 16.7 Å². The Morgan fingerprint density at radius 2 is 2.11 bits per heavy atom. The maximum absolute atomic E-state index is 13.7. The first kappa shape index (κ1) is 23.0. The number of hydrogen-bond acceptors (Lipinski definition) is 6. The Balaban J connectivity index is 1.34. The van der Waals surface area contributed by atoms with Gasteiger partial charge in [0.2, 0.25) is 0 Å². The lowest BCUT2D eigenvalue weighted by atomic mass is 9.92. The van der Waals surface area contributed by atoms with Crippen molar-refractivity contribution in [2.75, 3.05) is 22.6 Å². The second kappa shape index (κ2) is 8.59. The molecule has 3 N–H and O–H groups in total. The van der Waals surface area contributed by atoms with Crippen LogP contribution >= 0.6 is 11.6 Å². The summed E-state index contributed by atoms with van der Waals surface area (Å²) < 4.78 is 1.44. The summed E-state index contributed by atoms with van der Waals surface area (Å²) in [5.41, 5.74) is 3.82. The number of amides is 2. The van der Waals surface area contributed by atoms with E-state index in [4.69, 9.17) is 11.6 Å². The number of halogens is 1. The molecule has 186 valence electrons. The molecule has 2 amide bonds. The van der Waals surface area contributed by atoms with E-state index in [-0.39, 0.29) is 23.3 Å². The highest BCUT2D eigenvalue weighted by atomic mass is 35.5. The van der Waals surface area contributed by atoms with Crippen LogP contribution in [0.25, 0.3) is 21.7 Å². The third-order valence-corrected chi connectivity index (χ3v) is 7.09. The van der Waals surface area contributed by atoms with Crippen LogP contribution < -0.4 is 10.2 Å². The van der Waals surface area contributed by atoms with E-state index in [2.05, 4.69) is 25.6 Å². The summed E-state index contributed by atoms with van der Waals surface area (Å²) in [6.07, 6.45) is 3.06. The van der Waals surface area contributed by atoms with Gasteiger partial charge < -0.3 is 20.3 Å². The number of nitrogens with one attached hydrogen (secondary N) is 2. The molecule has 0 aliphatic carbocycles. The van der Waals surface area contributed by atoms with Crippen molar-refractivity contribution in [1.29, 1.82) is 0 Å². The van der Waals surface area contributed by atoms with E-state index in [1.165, 1.54) is 10.9 Å². The number of pyridine rings is 1. The van der Waals surface area contributed by atoms with Gasteiger partial charge in [0, 0.05) is 42.2 Å². The van der Waals surface area contributed by atoms with Crippen molar-refractivity contribution in [1.82, 2.24) is 25.0 Å². The van der Waals surface area contributed by atoms with Gasteiger partial charge in [-0.25, -0.2) is 4.98 Å². The maximum atomic E-state index is 13.7. The molecule has 5 aromatic rings. The van der Waals surface area contributed by atoms with E-state index < -0.39 is 5.91 Å². The first-order chi connectivity index (χ1) is 17.8. The zero-order chi connectivity index (χ0) is 25.8. The highest BCUT2D eigenvalue weighted by Gasteiger charge is 2.35. The normalized spacial score (nSPS) is 14.9. The van der Waals surface area contributed by atoms with E-state index >= 15 is 0 Å². The summed E-state index contributed by atoms with van der Waals surface area (Å²) in [5, 5.41) is 23.4. The van der Waals surface area contributed by atoms with Crippen molar-refractivity contribution >= 4 is 56.6 Å². The Kier molecular flexibility index (Phi) is 5.34. The number of fused-ring (bicyclic) bond motifs is 4. The summed E-state index contributed by atoms with van der Waals surface area (Å²) in [6.45, 7) is 2.39. The fourth-order valence-corrected chi connectivity index (χ4v) is 5.26. The third-order valence-electron chi connectivity index (χ3n) is 6.71. The van der Waals surface area contributed by atoms with Crippen LogP contribution in [-0.2, 0) is 7.05 Å². The third kappa shape index (κ3) is 3.77. The van der Waals surface area contributed by atoms with Crippen molar-refractivity contribution in [2.24, 2.45) is 7.05 Å². The smallest absolute Gasteiger partial charge is 0.278 e. The number of aromatic amines is 1. The second-order valence-corrected chi connectivity index (χ2v) is 9.47. The number of aromatic hydroxyl groups is 1. The number of H-pyrrole nitrogens is 1. The zero-order valence-corrected chi connectivity index (χ0v) is 20.7. The zero-order valence-electron chi connectivity index (χ0n) is 20.0. The minimum Gasteiger partial charge on any atom is -0.507 e. The highest BCUT2D eigenvalue weighted by Crippen LogP contribution is 2.46. The van der Waals surface area contributed by atoms with Crippen molar-refractivity contribution in [3.8, 4) is 5.75 Å².